The van der Waals surface area contributed by atoms with E-state index in [2.05, 4.69) is 5.32 Å². The zero-order valence-electron chi connectivity index (χ0n) is 18.6. The molecule has 0 radical (unpaired) electrons. The van der Waals surface area contributed by atoms with Crippen LogP contribution in [0.1, 0.15) is 27.0 Å². The average molecular weight is 465 g/mol. The number of aliphatic hydroxyl groups is 1. The number of amides is 1. The van der Waals surface area contributed by atoms with Crippen LogP contribution in [0.4, 0.5) is 14.5 Å². The van der Waals surface area contributed by atoms with Gasteiger partial charge in [-0.3, -0.25) is 4.79 Å². The van der Waals surface area contributed by atoms with Gasteiger partial charge < -0.3 is 10.4 Å². The third kappa shape index (κ3) is 4.07. The lowest BCUT2D eigenvalue weighted by Gasteiger charge is -2.32. The first-order valence-electron chi connectivity index (χ1n) is 11.1. The molecule has 0 aliphatic rings. The quantitative estimate of drug-likeness (QED) is 0.285. The summed E-state index contributed by atoms with van der Waals surface area (Å²) in [6, 6.07) is 30.8. The Morgan fingerprint density at radius 3 is 1.69 bits per heavy atom. The maximum Gasteiger partial charge on any atom is 0.255 e. The minimum Gasteiger partial charge on any atom is -0.376 e. The molecule has 0 aliphatic carbocycles. The minimum atomic E-state index is -2.24. The lowest BCUT2D eigenvalue weighted by Crippen LogP contribution is -2.33. The predicted octanol–water partition coefficient (Wildman–Crippen LogP) is 6.65. The van der Waals surface area contributed by atoms with Crippen LogP contribution in [-0.2, 0) is 5.60 Å². The van der Waals surface area contributed by atoms with Crippen molar-refractivity contribution in [2.45, 2.75) is 5.60 Å². The molecule has 0 saturated heterocycles. The molecule has 0 unspecified atom stereocenters. The SMILES string of the molecule is O=C(Nc1cc2ccccc2cc1C(O)(c1ccccc1F)c1ccccc1F)c1ccccc1. The number of hydrogen-bond donors (Lipinski definition) is 2. The number of anilines is 1. The van der Waals surface area contributed by atoms with Gasteiger partial charge in [0, 0.05) is 27.9 Å². The summed E-state index contributed by atoms with van der Waals surface area (Å²) in [4.78, 5) is 13.1. The Morgan fingerprint density at radius 1 is 0.629 bits per heavy atom. The number of carbonyl (C=O) groups excluding carboxylic acids is 1. The molecule has 0 aliphatic heterocycles. The van der Waals surface area contributed by atoms with Gasteiger partial charge in [0.25, 0.3) is 5.91 Å². The van der Waals surface area contributed by atoms with Crippen LogP contribution in [0.15, 0.2) is 115 Å². The molecule has 5 aromatic rings. The summed E-state index contributed by atoms with van der Waals surface area (Å²) in [6.07, 6.45) is 0. The molecule has 5 rings (SSSR count). The Bertz CT molecular complexity index is 1490. The standard InChI is InChI=1S/C30H21F2NO2/c31-26-16-8-6-14-23(26)30(35,24-15-7-9-17-27(24)32)25-18-21-12-4-5-13-22(21)19-28(25)33-29(34)20-10-2-1-3-11-20/h1-19,35H,(H,33,34). The topological polar surface area (TPSA) is 49.3 Å². The van der Waals surface area contributed by atoms with Crippen LogP contribution in [-0.4, -0.2) is 11.0 Å². The van der Waals surface area contributed by atoms with Crippen molar-refractivity contribution in [1.82, 2.24) is 0 Å². The second-order valence-electron chi connectivity index (χ2n) is 8.24. The van der Waals surface area contributed by atoms with Crippen molar-refractivity contribution >= 4 is 22.4 Å². The van der Waals surface area contributed by atoms with Crippen LogP contribution in [0.5, 0.6) is 0 Å². The molecule has 0 spiro atoms. The third-order valence-electron chi connectivity index (χ3n) is 6.09. The highest BCUT2D eigenvalue weighted by Crippen LogP contribution is 2.43. The van der Waals surface area contributed by atoms with E-state index in [1.54, 1.807) is 54.6 Å². The van der Waals surface area contributed by atoms with Gasteiger partial charge in [-0.05, 0) is 47.2 Å². The number of rotatable bonds is 5. The molecule has 3 nitrogen and oxygen atoms in total. The highest BCUT2D eigenvalue weighted by atomic mass is 19.1. The molecule has 0 heterocycles. The molecular weight excluding hydrogens is 444 g/mol. The number of benzene rings is 5. The van der Waals surface area contributed by atoms with Crippen LogP contribution < -0.4 is 5.32 Å². The normalized spacial score (nSPS) is 11.4. The van der Waals surface area contributed by atoms with Gasteiger partial charge in [0.15, 0.2) is 0 Å². The Morgan fingerprint density at radius 2 is 1.11 bits per heavy atom. The zero-order valence-corrected chi connectivity index (χ0v) is 18.6. The first-order chi connectivity index (χ1) is 17.0. The van der Waals surface area contributed by atoms with E-state index in [4.69, 9.17) is 0 Å². The zero-order chi connectivity index (χ0) is 24.4. The van der Waals surface area contributed by atoms with Gasteiger partial charge in [0.2, 0.25) is 0 Å². The number of fused-ring (bicyclic) bond motifs is 1. The molecule has 2 N–H and O–H groups in total. The fourth-order valence-corrected chi connectivity index (χ4v) is 4.37. The molecule has 172 valence electrons. The number of halogens is 2. The van der Waals surface area contributed by atoms with Crippen LogP contribution >= 0.6 is 0 Å². The Hall–Kier alpha value is -4.35. The van der Waals surface area contributed by atoms with Crippen molar-refractivity contribution < 1.29 is 18.7 Å². The van der Waals surface area contributed by atoms with Crippen LogP contribution in [0, 0.1) is 11.6 Å². The summed E-state index contributed by atoms with van der Waals surface area (Å²) in [5.74, 6) is -1.81. The van der Waals surface area contributed by atoms with Gasteiger partial charge in [0.05, 0.1) is 0 Å². The van der Waals surface area contributed by atoms with Gasteiger partial charge in [-0.2, -0.15) is 0 Å². The number of nitrogens with one attached hydrogen (secondary N) is 1. The Kier molecular flexibility index (Phi) is 5.85. The molecule has 5 heteroatoms. The summed E-state index contributed by atoms with van der Waals surface area (Å²) in [5, 5.41) is 16.7. The van der Waals surface area contributed by atoms with Crippen LogP contribution in [0.25, 0.3) is 10.8 Å². The maximum absolute atomic E-state index is 15.2. The van der Waals surface area contributed by atoms with E-state index < -0.39 is 23.1 Å². The van der Waals surface area contributed by atoms with Crippen molar-refractivity contribution in [3.63, 3.8) is 0 Å². The molecule has 0 atom stereocenters. The molecule has 0 saturated carbocycles. The summed E-state index contributed by atoms with van der Waals surface area (Å²) in [7, 11) is 0. The molecule has 0 fully saturated rings. The fourth-order valence-electron chi connectivity index (χ4n) is 4.37. The predicted molar refractivity (Wildman–Crippen MR) is 133 cm³/mol. The van der Waals surface area contributed by atoms with E-state index in [1.165, 1.54) is 36.4 Å². The summed E-state index contributed by atoms with van der Waals surface area (Å²) < 4.78 is 30.4. The van der Waals surface area contributed by atoms with Gasteiger partial charge >= 0.3 is 0 Å². The van der Waals surface area contributed by atoms with Crippen molar-refractivity contribution in [3.05, 3.63) is 149 Å². The minimum absolute atomic E-state index is 0.129. The van der Waals surface area contributed by atoms with Gasteiger partial charge in [-0.1, -0.05) is 78.9 Å². The third-order valence-corrected chi connectivity index (χ3v) is 6.09. The summed E-state index contributed by atoms with van der Waals surface area (Å²) >= 11 is 0. The molecular formula is C30H21F2NO2. The van der Waals surface area contributed by atoms with E-state index in [0.717, 1.165) is 10.8 Å². The van der Waals surface area contributed by atoms with E-state index in [1.807, 2.05) is 24.3 Å². The van der Waals surface area contributed by atoms with Crippen molar-refractivity contribution in [2.24, 2.45) is 0 Å². The van der Waals surface area contributed by atoms with E-state index in [-0.39, 0.29) is 22.4 Å². The largest absolute Gasteiger partial charge is 0.376 e. The number of carbonyl (C=O) groups is 1. The molecule has 1 amide bonds. The van der Waals surface area contributed by atoms with E-state index in [0.29, 0.717) is 5.56 Å². The second-order valence-corrected chi connectivity index (χ2v) is 8.24. The first kappa shape index (κ1) is 22.4. The Labute approximate surface area is 201 Å². The lowest BCUT2D eigenvalue weighted by atomic mass is 9.78. The van der Waals surface area contributed by atoms with Gasteiger partial charge in [-0.15, -0.1) is 0 Å². The monoisotopic (exact) mass is 465 g/mol. The lowest BCUT2D eigenvalue weighted by molar-refractivity contribution is 0.102. The van der Waals surface area contributed by atoms with Crippen LogP contribution in [0.2, 0.25) is 0 Å². The maximum atomic E-state index is 15.2. The highest BCUT2D eigenvalue weighted by molar-refractivity contribution is 6.06. The summed E-state index contributed by atoms with van der Waals surface area (Å²) in [5.41, 5.74) is -1.69. The Balaban J connectivity index is 1.80. The van der Waals surface area contributed by atoms with Crippen molar-refractivity contribution in [1.29, 1.82) is 0 Å². The second kappa shape index (κ2) is 9.12. The van der Waals surface area contributed by atoms with Crippen molar-refractivity contribution in [3.8, 4) is 0 Å². The molecule has 35 heavy (non-hydrogen) atoms. The smallest absolute Gasteiger partial charge is 0.255 e. The first-order valence-corrected chi connectivity index (χ1v) is 11.1. The van der Waals surface area contributed by atoms with E-state index >= 15 is 8.78 Å². The molecule has 0 bridgehead atoms. The fraction of sp³-hybridized carbons (Fsp3) is 0.0333. The van der Waals surface area contributed by atoms with Gasteiger partial charge in [0.1, 0.15) is 17.2 Å². The van der Waals surface area contributed by atoms with Crippen LogP contribution in [0.3, 0.4) is 0 Å². The van der Waals surface area contributed by atoms with E-state index in [9.17, 15) is 9.90 Å². The number of hydrogen-bond acceptors (Lipinski definition) is 2. The average Bonchev–Trinajstić information content (AvgIpc) is 2.89. The van der Waals surface area contributed by atoms with Crippen molar-refractivity contribution in [2.75, 3.05) is 5.32 Å². The highest BCUT2D eigenvalue weighted by Gasteiger charge is 2.40. The molecule has 5 aromatic carbocycles. The molecule has 0 aromatic heterocycles. The van der Waals surface area contributed by atoms with Gasteiger partial charge in [-0.25, -0.2) is 8.78 Å². The summed E-state index contributed by atoms with van der Waals surface area (Å²) in [6.45, 7) is 0.